The van der Waals surface area contributed by atoms with E-state index in [1.165, 1.54) is 0 Å². The standard InChI is InChI=1S/C20H30N2O4/c1-24-18-10-15(11-19(12-18)25-2)13-22-8-7-16(14-22)21-20(23)6-5-17-4-3-9-26-17/h10-12,16-17H,3-9,13-14H2,1-2H3,(H,21,23)/t16?,17-/m0/s1. The fraction of sp³-hybridized carbons (Fsp3) is 0.650. The molecule has 144 valence electrons. The summed E-state index contributed by atoms with van der Waals surface area (Å²) < 4.78 is 16.3. The molecule has 0 aliphatic carbocycles. The molecular weight excluding hydrogens is 332 g/mol. The average molecular weight is 362 g/mol. The second-order valence-corrected chi connectivity index (χ2v) is 7.18. The van der Waals surface area contributed by atoms with Crippen molar-refractivity contribution in [3.63, 3.8) is 0 Å². The molecule has 0 spiro atoms. The minimum Gasteiger partial charge on any atom is -0.497 e. The molecule has 1 unspecified atom stereocenters. The Hall–Kier alpha value is -1.79. The number of benzene rings is 1. The summed E-state index contributed by atoms with van der Waals surface area (Å²) >= 11 is 0. The fourth-order valence-corrected chi connectivity index (χ4v) is 3.77. The number of rotatable bonds is 8. The van der Waals surface area contributed by atoms with Crippen LogP contribution in [0.3, 0.4) is 0 Å². The van der Waals surface area contributed by atoms with Crippen molar-refractivity contribution in [2.24, 2.45) is 0 Å². The van der Waals surface area contributed by atoms with Crippen LogP contribution in [0.1, 0.15) is 37.7 Å². The molecule has 0 saturated carbocycles. The van der Waals surface area contributed by atoms with Gasteiger partial charge >= 0.3 is 0 Å². The number of carbonyl (C=O) groups excluding carboxylic acids is 1. The van der Waals surface area contributed by atoms with Gasteiger partial charge in [-0.3, -0.25) is 9.69 Å². The zero-order valence-corrected chi connectivity index (χ0v) is 15.8. The van der Waals surface area contributed by atoms with Gasteiger partial charge in [-0.25, -0.2) is 0 Å². The fourth-order valence-electron chi connectivity index (χ4n) is 3.77. The summed E-state index contributed by atoms with van der Waals surface area (Å²) in [4.78, 5) is 14.5. The van der Waals surface area contributed by atoms with E-state index in [2.05, 4.69) is 10.2 Å². The quantitative estimate of drug-likeness (QED) is 0.769. The number of likely N-dealkylation sites (tertiary alicyclic amines) is 1. The van der Waals surface area contributed by atoms with Crippen LogP contribution in [0.4, 0.5) is 0 Å². The molecule has 1 N–H and O–H groups in total. The zero-order chi connectivity index (χ0) is 18.4. The highest BCUT2D eigenvalue weighted by Crippen LogP contribution is 2.24. The van der Waals surface area contributed by atoms with Gasteiger partial charge in [0.2, 0.25) is 5.91 Å². The van der Waals surface area contributed by atoms with Crippen LogP contribution in [0.15, 0.2) is 18.2 Å². The van der Waals surface area contributed by atoms with Crippen LogP contribution in [0, 0.1) is 0 Å². The molecule has 6 nitrogen and oxygen atoms in total. The number of amides is 1. The highest BCUT2D eigenvalue weighted by molar-refractivity contribution is 5.76. The summed E-state index contributed by atoms with van der Waals surface area (Å²) in [6.07, 6.45) is 4.89. The van der Waals surface area contributed by atoms with Gasteiger partial charge in [0, 0.05) is 44.8 Å². The molecule has 2 aliphatic heterocycles. The molecule has 2 aliphatic rings. The van der Waals surface area contributed by atoms with Crippen LogP contribution >= 0.6 is 0 Å². The largest absolute Gasteiger partial charge is 0.497 e. The average Bonchev–Trinajstić information content (AvgIpc) is 3.31. The molecule has 1 aromatic rings. The molecular formula is C20H30N2O4. The summed E-state index contributed by atoms with van der Waals surface area (Å²) in [5.41, 5.74) is 1.16. The van der Waals surface area contributed by atoms with E-state index in [0.717, 1.165) is 69.0 Å². The Kier molecular flexibility index (Phi) is 6.74. The normalized spacial score (nSPS) is 23.2. The Morgan fingerprint density at radius 2 is 2.00 bits per heavy atom. The topological polar surface area (TPSA) is 60.0 Å². The Labute approximate surface area is 155 Å². The van der Waals surface area contributed by atoms with Crippen molar-refractivity contribution in [2.75, 3.05) is 33.9 Å². The lowest BCUT2D eigenvalue weighted by molar-refractivity contribution is -0.122. The lowest BCUT2D eigenvalue weighted by atomic mass is 10.1. The van der Waals surface area contributed by atoms with Gasteiger partial charge in [-0.2, -0.15) is 0 Å². The molecule has 0 aromatic heterocycles. The van der Waals surface area contributed by atoms with Crippen LogP contribution in [0.5, 0.6) is 11.5 Å². The number of hydrogen-bond acceptors (Lipinski definition) is 5. The first-order valence-corrected chi connectivity index (χ1v) is 9.51. The Balaban J connectivity index is 1.44. The highest BCUT2D eigenvalue weighted by atomic mass is 16.5. The van der Waals surface area contributed by atoms with Crippen molar-refractivity contribution in [2.45, 2.75) is 50.8 Å². The summed E-state index contributed by atoms with van der Waals surface area (Å²) in [5.74, 6) is 1.76. The molecule has 26 heavy (non-hydrogen) atoms. The number of ether oxygens (including phenoxy) is 3. The predicted octanol–water partition coefficient (Wildman–Crippen LogP) is 2.35. The second kappa shape index (κ2) is 9.24. The maximum Gasteiger partial charge on any atom is 0.220 e. The lowest BCUT2D eigenvalue weighted by Crippen LogP contribution is -2.37. The van der Waals surface area contributed by atoms with Gasteiger partial charge in [-0.05, 0) is 43.4 Å². The summed E-state index contributed by atoms with van der Waals surface area (Å²) in [6.45, 7) is 3.54. The van der Waals surface area contributed by atoms with Crippen LogP contribution in [-0.4, -0.2) is 56.9 Å². The Bertz CT molecular complexity index is 579. The van der Waals surface area contributed by atoms with Gasteiger partial charge in [0.1, 0.15) is 11.5 Å². The van der Waals surface area contributed by atoms with E-state index in [1.807, 2.05) is 18.2 Å². The molecule has 3 rings (SSSR count). The number of hydrogen-bond donors (Lipinski definition) is 1. The van der Waals surface area contributed by atoms with E-state index >= 15 is 0 Å². The summed E-state index contributed by atoms with van der Waals surface area (Å²) in [6, 6.07) is 6.19. The smallest absolute Gasteiger partial charge is 0.220 e. The molecule has 2 fully saturated rings. The lowest BCUT2D eigenvalue weighted by Gasteiger charge is -2.18. The molecule has 0 radical (unpaired) electrons. The van der Waals surface area contributed by atoms with Crippen LogP contribution in [0.25, 0.3) is 0 Å². The van der Waals surface area contributed by atoms with Crippen molar-refractivity contribution < 1.29 is 19.0 Å². The molecule has 1 amide bonds. The first-order chi connectivity index (χ1) is 12.7. The van der Waals surface area contributed by atoms with E-state index < -0.39 is 0 Å². The van der Waals surface area contributed by atoms with E-state index in [1.54, 1.807) is 14.2 Å². The van der Waals surface area contributed by atoms with Crippen LogP contribution < -0.4 is 14.8 Å². The third kappa shape index (κ3) is 5.35. The van der Waals surface area contributed by atoms with Crippen molar-refractivity contribution in [1.82, 2.24) is 10.2 Å². The number of carbonyl (C=O) groups is 1. The van der Waals surface area contributed by atoms with Crippen LogP contribution in [0.2, 0.25) is 0 Å². The number of nitrogens with one attached hydrogen (secondary N) is 1. The molecule has 6 heteroatoms. The van der Waals surface area contributed by atoms with E-state index in [4.69, 9.17) is 14.2 Å². The van der Waals surface area contributed by atoms with E-state index in [9.17, 15) is 4.79 Å². The molecule has 2 heterocycles. The third-order valence-corrected chi connectivity index (χ3v) is 5.17. The van der Waals surface area contributed by atoms with Gasteiger partial charge < -0.3 is 19.5 Å². The Morgan fingerprint density at radius 3 is 2.65 bits per heavy atom. The first kappa shape index (κ1) is 19.0. The van der Waals surface area contributed by atoms with Gasteiger partial charge in [0.25, 0.3) is 0 Å². The van der Waals surface area contributed by atoms with Crippen molar-refractivity contribution in [3.05, 3.63) is 23.8 Å². The van der Waals surface area contributed by atoms with Crippen LogP contribution in [-0.2, 0) is 16.1 Å². The highest BCUT2D eigenvalue weighted by Gasteiger charge is 2.25. The monoisotopic (exact) mass is 362 g/mol. The SMILES string of the molecule is COc1cc(CN2CCC(NC(=O)CC[C@@H]3CCCO3)C2)cc(OC)c1. The first-order valence-electron chi connectivity index (χ1n) is 9.51. The molecule has 2 atom stereocenters. The summed E-state index contributed by atoms with van der Waals surface area (Å²) in [5, 5.41) is 3.18. The predicted molar refractivity (Wildman–Crippen MR) is 99.6 cm³/mol. The Morgan fingerprint density at radius 1 is 1.23 bits per heavy atom. The van der Waals surface area contributed by atoms with Crippen molar-refractivity contribution >= 4 is 5.91 Å². The van der Waals surface area contributed by atoms with Gasteiger partial charge in [-0.15, -0.1) is 0 Å². The molecule has 1 aromatic carbocycles. The maximum atomic E-state index is 12.2. The minimum absolute atomic E-state index is 0.149. The van der Waals surface area contributed by atoms with Gasteiger partial charge in [-0.1, -0.05) is 0 Å². The van der Waals surface area contributed by atoms with Gasteiger partial charge in [0.05, 0.1) is 20.3 Å². The third-order valence-electron chi connectivity index (χ3n) is 5.17. The van der Waals surface area contributed by atoms with E-state index in [0.29, 0.717) is 6.42 Å². The van der Waals surface area contributed by atoms with Gasteiger partial charge in [0.15, 0.2) is 0 Å². The van der Waals surface area contributed by atoms with Crippen molar-refractivity contribution in [1.29, 1.82) is 0 Å². The summed E-state index contributed by atoms with van der Waals surface area (Å²) in [7, 11) is 3.33. The number of methoxy groups -OCH3 is 2. The second-order valence-electron chi connectivity index (χ2n) is 7.18. The molecule has 0 bridgehead atoms. The number of nitrogens with zero attached hydrogens (tertiary/aromatic N) is 1. The maximum absolute atomic E-state index is 12.2. The minimum atomic E-state index is 0.149. The van der Waals surface area contributed by atoms with E-state index in [-0.39, 0.29) is 18.1 Å². The zero-order valence-electron chi connectivity index (χ0n) is 15.8. The van der Waals surface area contributed by atoms with Crippen molar-refractivity contribution in [3.8, 4) is 11.5 Å². The molecule has 2 saturated heterocycles.